The maximum absolute atomic E-state index is 14.2. The maximum atomic E-state index is 14.2. The molecule has 5 nitrogen and oxygen atoms in total. The predicted molar refractivity (Wildman–Crippen MR) is 120 cm³/mol. The van der Waals surface area contributed by atoms with Crippen molar-refractivity contribution in [2.45, 2.75) is 65.2 Å². The largest absolute Gasteiger partial charge is 0.446 e. The van der Waals surface area contributed by atoms with Gasteiger partial charge in [0.2, 0.25) is 5.91 Å². The number of nitrogens with zero attached hydrogens (tertiary/aromatic N) is 2. The van der Waals surface area contributed by atoms with Crippen molar-refractivity contribution in [3.63, 3.8) is 0 Å². The summed E-state index contributed by atoms with van der Waals surface area (Å²) in [7, 11) is 0. The molecule has 3 rings (SSSR count). The zero-order valence-corrected chi connectivity index (χ0v) is 19.7. The van der Waals surface area contributed by atoms with Gasteiger partial charge in [0.15, 0.2) is 0 Å². The molecule has 1 heterocycles. The van der Waals surface area contributed by atoms with E-state index in [0.717, 1.165) is 12.1 Å². The summed E-state index contributed by atoms with van der Waals surface area (Å²) in [5.41, 5.74) is -0.330. The van der Waals surface area contributed by atoms with Crippen molar-refractivity contribution in [3.8, 4) is 0 Å². The average Bonchev–Trinajstić information content (AvgIpc) is 2.95. The van der Waals surface area contributed by atoms with E-state index < -0.39 is 48.4 Å². The Morgan fingerprint density at radius 2 is 1.83 bits per heavy atom. The highest BCUT2D eigenvalue weighted by atomic mass is 19.4. The third kappa shape index (κ3) is 6.29. The van der Waals surface area contributed by atoms with Crippen molar-refractivity contribution in [1.82, 2.24) is 4.90 Å². The van der Waals surface area contributed by atoms with Crippen LogP contribution in [-0.2, 0) is 28.9 Å². The van der Waals surface area contributed by atoms with Crippen LogP contribution in [-0.4, -0.2) is 29.5 Å². The van der Waals surface area contributed by atoms with Crippen LogP contribution >= 0.6 is 0 Å². The Morgan fingerprint density at radius 3 is 2.43 bits per heavy atom. The molecule has 2 amide bonds. The van der Waals surface area contributed by atoms with Crippen LogP contribution in [0.15, 0.2) is 36.4 Å². The smallest absolute Gasteiger partial charge is 0.416 e. The molecule has 0 saturated carbocycles. The highest BCUT2D eigenvalue weighted by Gasteiger charge is 2.34. The molecule has 0 radical (unpaired) electrons. The van der Waals surface area contributed by atoms with Crippen LogP contribution in [0.5, 0.6) is 0 Å². The molecule has 2 aromatic carbocycles. The normalized spacial score (nSPS) is 16.0. The van der Waals surface area contributed by atoms with Gasteiger partial charge in [0.05, 0.1) is 23.4 Å². The van der Waals surface area contributed by atoms with Gasteiger partial charge >= 0.3 is 12.3 Å². The molecule has 2 aromatic rings. The maximum Gasteiger partial charge on any atom is 0.416 e. The predicted octanol–water partition coefficient (Wildman–Crippen LogP) is 6.55. The van der Waals surface area contributed by atoms with Crippen molar-refractivity contribution in [3.05, 3.63) is 64.5 Å². The first-order valence-corrected chi connectivity index (χ1v) is 11.2. The second-order valence-electron chi connectivity index (χ2n) is 8.76. The molecule has 1 atom stereocenters. The van der Waals surface area contributed by atoms with Crippen LogP contribution in [0.1, 0.15) is 61.9 Å². The Morgan fingerprint density at radius 1 is 1.14 bits per heavy atom. The van der Waals surface area contributed by atoms with Gasteiger partial charge in [-0.1, -0.05) is 12.1 Å². The Balaban J connectivity index is 2.04. The Kier molecular flexibility index (Phi) is 8.02. The number of halogens is 5. The van der Waals surface area contributed by atoms with E-state index in [0.29, 0.717) is 18.4 Å². The van der Waals surface area contributed by atoms with Crippen LogP contribution in [0.4, 0.5) is 32.4 Å². The van der Waals surface area contributed by atoms with Crippen LogP contribution in [0.3, 0.4) is 0 Å². The van der Waals surface area contributed by atoms with E-state index in [1.54, 1.807) is 13.8 Å². The molecule has 0 aromatic heterocycles. The van der Waals surface area contributed by atoms with Crippen LogP contribution in [0.2, 0.25) is 0 Å². The number of amides is 2. The number of hydrogen-bond donors (Lipinski definition) is 0. The number of benzene rings is 2. The Hall–Kier alpha value is -3.17. The number of alkyl halides is 4. The summed E-state index contributed by atoms with van der Waals surface area (Å²) < 4.78 is 72.8. The van der Waals surface area contributed by atoms with Crippen LogP contribution in [0, 0.1) is 5.82 Å². The minimum absolute atomic E-state index is 0.117. The van der Waals surface area contributed by atoms with Crippen LogP contribution in [0.25, 0.3) is 0 Å². The standard InChI is InChI=1S/C25H27F5N2O3/c1-15(2)35-24(34)31-8-4-5-22(21-7-6-20(27)12-23(21)31)32(16(3)33)14-18-9-17(13-26)10-19(11-18)25(28,29)30/h6-7,9-12,15,22H,4-5,8,13-14H2,1-3H3. The lowest BCUT2D eigenvalue weighted by Crippen LogP contribution is -2.34. The van der Waals surface area contributed by atoms with Crippen molar-refractivity contribution in [1.29, 1.82) is 0 Å². The van der Waals surface area contributed by atoms with Crippen molar-refractivity contribution in [2.75, 3.05) is 11.4 Å². The van der Waals surface area contributed by atoms with E-state index >= 15 is 0 Å². The Labute approximate surface area is 200 Å². The average molecular weight is 498 g/mol. The summed E-state index contributed by atoms with van der Waals surface area (Å²) in [5, 5.41) is 0. The van der Waals surface area contributed by atoms with Crippen molar-refractivity contribution in [2.24, 2.45) is 0 Å². The summed E-state index contributed by atoms with van der Waals surface area (Å²) in [4.78, 5) is 28.1. The van der Waals surface area contributed by atoms with Gasteiger partial charge in [-0.3, -0.25) is 9.69 Å². The number of carbonyl (C=O) groups excluding carboxylic acids is 2. The van der Waals surface area contributed by atoms with Gasteiger partial charge in [0.1, 0.15) is 12.5 Å². The number of hydrogen-bond acceptors (Lipinski definition) is 3. The summed E-state index contributed by atoms with van der Waals surface area (Å²) in [6, 6.07) is 6.12. The summed E-state index contributed by atoms with van der Waals surface area (Å²) in [6.07, 6.45) is -4.94. The lowest BCUT2D eigenvalue weighted by atomic mass is 9.98. The number of rotatable bonds is 5. The minimum atomic E-state index is -4.68. The number of ether oxygens (including phenoxy) is 1. The topological polar surface area (TPSA) is 49.9 Å². The first-order valence-electron chi connectivity index (χ1n) is 11.2. The summed E-state index contributed by atoms with van der Waals surface area (Å²) in [5.74, 6) is -1.02. The van der Waals surface area contributed by atoms with E-state index in [1.165, 1.54) is 41.0 Å². The second-order valence-corrected chi connectivity index (χ2v) is 8.76. The fourth-order valence-electron chi connectivity index (χ4n) is 4.26. The van der Waals surface area contributed by atoms with Gasteiger partial charge in [0.25, 0.3) is 0 Å². The third-order valence-electron chi connectivity index (χ3n) is 5.73. The number of carbonyl (C=O) groups is 2. The molecule has 0 fully saturated rings. The zero-order chi connectivity index (χ0) is 25.9. The van der Waals surface area contributed by atoms with Gasteiger partial charge in [-0.15, -0.1) is 0 Å². The van der Waals surface area contributed by atoms with E-state index in [9.17, 15) is 31.5 Å². The lowest BCUT2D eigenvalue weighted by molar-refractivity contribution is -0.137. The number of fused-ring (bicyclic) bond motifs is 1. The highest BCUT2D eigenvalue weighted by molar-refractivity contribution is 5.89. The first kappa shape index (κ1) is 26.4. The monoisotopic (exact) mass is 498 g/mol. The summed E-state index contributed by atoms with van der Waals surface area (Å²) >= 11 is 0. The molecule has 1 unspecified atom stereocenters. The highest BCUT2D eigenvalue weighted by Crippen LogP contribution is 2.39. The second kappa shape index (κ2) is 10.6. The molecular formula is C25H27F5N2O3. The molecule has 1 aliphatic rings. The van der Waals surface area contributed by atoms with E-state index in [4.69, 9.17) is 4.74 Å². The molecule has 0 saturated heterocycles. The lowest BCUT2D eigenvalue weighted by Gasteiger charge is -2.32. The molecule has 1 aliphatic heterocycles. The number of anilines is 1. The quantitative estimate of drug-likeness (QED) is 0.440. The molecule has 0 N–H and O–H groups in total. The van der Waals surface area contributed by atoms with Crippen molar-refractivity contribution < 1.29 is 36.3 Å². The van der Waals surface area contributed by atoms with Gasteiger partial charge < -0.3 is 9.64 Å². The van der Waals surface area contributed by atoms with E-state index in [-0.39, 0.29) is 29.9 Å². The Bertz CT molecular complexity index is 1090. The van der Waals surface area contributed by atoms with Gasteiger partial charge in [0, 0.05) is 20.0 Å². The zero-order valence-electron chi connectivity index (χ0n) is 19.7. The van der Waals surface area contributed by atoms with Crippen LogP contribution < -0.4 is 4.90 Å². The third-order valence-corrected chi connectivity index (χ3v) is 5.73. The SMILES string of the molecule is CC(=O)N(Cc1cc(CF)cc(C(F)(F)F)c1)C1CCCN(C(=O)OC(C)C)c2cc(F)ccc21. The molecule has 0 bridgehead atoms. The molecule has 0 aliphatic carbocycles. The fraction of sp³-hybridized carbons (Fsp3) is 0.440. The van der Waals surface area contributed by atoms with Gasteiger partial charge in [-0.05, 0) is 67.6 Å². The molecule has 35 heavy (non-hydrogen) atoms. The van der Waals surface area contributed by atoms with E-state index in [2.05, 4.69) is 0 Å². The van der Waals surface area contributed by atoms with Gasteiger partial charge in [-0.2, -0.15) is 13.2 Å². The summed E-state index contributed by atoms with van der Waals surface area (Å²) in [6.45, 7) is 3.55. The van der Waals surface area contributed by atoms with Crippen molar-refractivity contribution >= 4 is 17.7 Å². The molecule has 190 valence electrons. The molecular weight excluding hydrogens is 471 g/mol. The molecule has 0 spiro atoms. The van der Waals surface area contributed by atoms with Gasteiger partial charge in [-0.25, -0.2) is 13.6 Å². The molecule has 10 heteroatoms. The van der Waals surface area contributed by atoms with E-state index in [1.807, 2.05) is 0 Å². The fourth-order valence-corrected chi connectivity index (χ4v) is 4.26. The minimum Gasteiger partial charge on any atom is -0.446 e. The first-order chi connectivity index (χ1) is 16.4.